The minimum absolute atomic E-state index is 0.00176. The zero-order chi connectivity index (χ0) is 11.6. The fraction of sp³-hybridized carbons (Fsp3) is 0.417. The SMILES string of the molecule is NC1(C(=O)Cc2ccccc2Cl)CCOC1. The van der Waals surface area contributed by atoms with Crippen molar-refractivity contribution in [3.8, 4) is 0 Å². The van der Waals surface area contributed by atoms with Crippen LogP contribution >= 0.6 is 11.6 Å². The molecule has 0 amide bonds. The number of hydrogen-bond acceptors (Lipinski definition) is 3. The summed E-state index contributed by atoms with van der Waals surface area (Å²) in [5, 5.41) is 0.610. The van der Waals surface area contributed by atoms with Crippen LogP contribution in [0.2, 0.25) is 5.02 Å². The molecule has 1 aromatic carbocycles. The van der Waals surface area contributed by atoms with Gasteiger partial charge in [-0.15, -0.1) is 0 Å². The average Bonchev–Trinajstić information content (AvgIpc) is 2.70. The van der Waals surface area contributed by atoms with Crippen LogP contribution in [0, 0.1) is 0 Å². The first-order valence-corrected chi connectivity index (χ1v) is 5.63. The van der Waals surface area contributed by atoms with Crippen molar-refractivity contribution in [3.05, 3.63) is 34.9 Å². The van der Waals surface area contributed by atoms with Crippen LogP contribution in [-0.2, 0) is 16.0 Å². The van der Waals surface area contributed by atoms with E-state index in [-0.39, 0.29) is 12.2 Å². The summed E-state index contributed by atoms with van der Waals surface area (Å²) in [5.41, 5.74) is 5.99. The molecule has 86 valence electrons. The molecule has 1 aliphatic heterocycles. The second-order valence-electron chi connectivity index (χ2n) is 4.15. The minimum atomic E-state index is -0.820. The van der Waals surface area contributed by atoms with E-state index in [1.54, 1.807) is 6.07 Å². The number of carbonyl (C=O) groups excluding carboxylic acids is 1. The number of carbonyl (C=O) groups is 1. The summed E-state index contributed by atoms with van der Waals surface area (Å²) in [4.78, 5) is 12.0. The molecule has 2 N–H and O–H groups in total. The van der Waals surface area contributed by atoms with E-state index in [4.69, 9.17) is 22.1 Å². The van der Waals surface area contributed by atoms with Crippen molar-refractivity contribution in [3.63, 3.8) is 0 Å². The maximum Gasteiger partial charge on any atom is 0.159 e. The van der Waals surface area contributed by atoms with Gasteiger partial charge in [-0.1, -0.05) is 29.8 Å². The largest absolute Gasteiger partial charge is 0.379 e. The Morgan fingerprint density at radius 3 is 2.88 bits per heavy atom. The Bertz CT molecular complexity index is 400. The molecule has 2 rings (SSSR count). The van der Waals surface area contributed by atoms with Gasteiger partial charge < -0.3 is 10.5 Å². The Balaban J connectivity index is 2.10. The van der Waals surface area contributed by atoms with E-state index in [2.05, 4.69) is 0 Å². The fourth-order valence-corrected chi connectivity index (χ4v) is 1.99. The van der Waals surface area contributed by atoms with E-state index in [0.717, 1.165) is 5.56 Å². The van der Waals surface area contributed by atoms with E-state index in [9.17, 15) is 4.79 Å². The number of ketones is 1. The molecule has 16 heavy (non-hydrogen) atoms. The smallest absolute Gasteiger partial charge is 0.159 e. The summed E-state index contributed by atoms with van der Waals surface area (Å²) >= 11 is 6.00. The molecule has 1 unspecified atom stereocenters. The molecule has 1 heterocycles. The second-order valence-corrected chi connectivity index (χ2v) is 4.56. The first-order chi connectivity index (χ1) is 7.62. The van der Waals surface area contributed by atoms with Gasteiger partial charge in [-0.05, 0) is 18.1 Å². The highest BCUT2D eigenvalue weighted by Gasteiger charge is 2.37. The van der Waals surface area contributed by atoms with Crippen LogP contribution in [0.25, 0.3) is 0 Å². The average molecular weight is 240 g/mol. The van der Waals surface area contributed by atoms with Crippen molar-refractivity contribution < 1.29 is 9.53 Å². The molecular formula is C12H14ClNO2. The summed E-state index contributed by atoms with van der Waals surface area (Å²) in [6, 6.07) is 7.33. The van der Waals surface area contributed by atoms with Crippen LogP contribution in [0.1, 0.15) is 12.0 Å². The van der Waals surface area contributed by atoms with Gasteiger partial charge in [-0.25, -0.2) is 0 Å². The van der Waals surface area contributed by atoms with Gasteiger partial charge in [0.05, 0.1) is 6.61 Å². The highest BCUT2D eigenvalue weighted by Crippen LogP contribution is 2.22. The number of hydrogen-bond donors (Lipinski definition) is 1. The molecule has 0 saturated carbocycles. The quantitative estimate of drug-likeness (QED) is 0.871. The van der Waals surface area contributed by atoms with Gasteiger partial charge in [0, 0.05) is 18.1 Å². The van der Waals surface area contributed by atoms with Gasteiger partial charge in [-0.3, -0.25) is 4.79 Å². The van der Waals surface area contributed by atoms with E-state index in [0.29, 0.717) is 24.7 Å². The molecule has 1 aliphatic rings. The number of benzene rings is 1. The zero-order valence-electron chi connectivity index (χ0n) is 8.91. The van der Waals surface area contributed by atoms with E-state index >= 15 is 0 Å². The van der Waals surface area contributed by atoms with Crippen molar-refractivity contribution in [2.45, 2.75) is 18.4 Å². The third-order valence-electron chi connectivity index (χ3n) is 2.92. The fourth-order valence-electron chi connectivity index (χ4n) is 1.79. The molecule has 3 nitrogen and oxygen atoms in total. The molecule has 0 spiro atoms. The molecule has 1 aromatic rings. The molecule has 1 saturated heterocycles. The molecule has 0 aromatic heterocycles. The van der Waals surface area contributed by atoms with Crippen LogP contribution in [0.4, 0.5) is 0 Å². The van der Waals surface area contributed by atoms with Crippen LogP contribution in [0.15, 0.2) is 24.3 Å². The number of ether oxygens (including phenoxy) is 1. The molecule has 0 aliphatic carbocycles. The van der Waals surface area contributed by atoms with Crippen LogP contribution in [0.5, 0.6) is 0 Å². The standard InChI is InChI=1S/C12H14ClNO2/c13-10-4-2-1-3-9(10)7-11(15)12(14)5-6-16-8-12/h1-4H,5-8,14H2. The summed E-state index contributed by atoms with van der Waals surface area (Å²) in [6.45, 7) is 0.876. The Labute approximate surface area is 99.5 Å². The number of nitrogens with two attached hydrogens (primary N) is 1. The van der Waals surface area contributed by atoms with Crippen LogP contribution in [0.3, 0.4) is 0 Å². The van der Waals surface area contributed by atoms with Crippen molar-refractivity contribution >= 4 is 17.4 Å². The van der Waals surface area contributed by atoms with Gasteiger partial charge in [0.25, 0.3) is 0 Å². The van der Waals surface area contributed by atoms with Gasteiger partial charge >= 0.3 is 0 Å². The third kappa shape index (κ3) is 2.26. The van der Waals surface area contributed by atoms with E-state index < -0.39 is 5.54 Å². The first-order valence-electron chi connectivity index (χ1n) is 5.25. The lowest BCUT2D eigenvalue weighted by atomic mass is 9.90. The lowest BCUT2D eigenvalue weighted by Gasteiger charge is -2.20. The zero-order valence-corrected chi connectivity index (χ0v) is 9.67. The number of Topliss-reactive ketones (excluding diaryl/α,β-unsaturated/α-hetero) is 1. The Kier molecular flexibility index (Phi) is 3.28. The number of rotatable bonds is 3. The van der Waals surface area contributed by atoms with Gasteiger partial charge in [0.1, 0.15) is 5.54 Å². The van der Waals surface area contributed by atoms with Crippen molar-refractivity contribution in [2.75, 3.05) is 13.2 Å². The summed E-state index contributed by atoms with van der Waals surface area (Å²) in [7, 11) is 0. The third-order valence-corrected chi connectivity index (χ3v) is 3.29. The van der Waals surface area contributed by atoms with E-state index in [1.165, 1.54) is 0 Å². The molecule has 0 bridgehead atoms. The Hall–Kier alpha value is -0.900. The predicted octanol–water partition coefficient (Wildman–Crippen LogP) is 1.57. The van der Waals surface area contributed by atoms with Crippen molar-refractivity contribution in [2.24, 2.45) is 5.73 Å². The molecular weight excluding hydrogens is 226 g/mol. The summed E-state index contributed by atoms with van der Waals surface area (Å²) < 4.78 is 5.17. The maximum atomic E-state index is 12.0. The van der Waals surface area contributed by atoms with Gasteiger partial charge in [0.2, 0.25) is 0 Å². The lowest BCUT2D eigenvalue weighted by molar-refractivity contribution is -0.123. The molecule has 4 heteroatoms. The number of halogens is 1. The Morgan fingerprint density at radius 2 is 2.25 bits per heavy atom. The summed E-state index contributed by atoms with van der Waals surface area (Å²) in [5.74, 6) is -0.00176. The van der Waals surface area contributed by atoms with Gasteiger partial charge in [0.15, 0.2) is 5.78 Å². The van der Waals surface area contributed by atoms with Crippen LogP contribution < -0.4 is 5.73 Å². The van der Waals surface area contributed by atoms with Crippen LogP contribution in [-0.4, -0.2) is 24.5 Å². The molecule has 1 atom stereocenters. The molecule has 1 fully saturated rings. The van der Waals surface area contributed by atoms with Gasteiger partial charge in [-0.2, -0.15) is 0 Å². The topological polar surface area (TPSA) is 52.3 Å². The molecule has 0 radical (unpaired) electrons. The predicted molar refractivity (Wildman–Crippen MR) is 62.5 cm³/mol. The summed E-state index contributed by atoms with van der Waals surface area (Å²) in [6.07, 6.45) is 0.871. The normalized spacial score (nSPS) is 24.6. The lowest BCUT2D eigenvalue weighted by Crippen LogP contribution is -2.49. The first kappa shape index (κ1) is 11.6. The Morgan fingerprint density at radius 1 is 1.50 bits per heavy atom. The maximum absolute atomic E-state index is 12.0. The highest BCUT2D eigenvalue weighted by molar-refractivity contribution is 6.31. The van der Waals surface area contributed by atoms with Crippen molar-refractivity contribution in [1.29, 1.82) is 0 Å². The highest BCUT2D eigenvalue weighted by atomic mass is 35.5. The monoisotopic (exact) mass is 239 g/mol. The minimum Gasteiger partial charge on any atom is -0.379 e. The second kappa shape index (κ2) is 4.53. The van der Waals surface area contributed by atoms with Crippen molar-refractivity contribution in [1.82, 2.24) is 0 Å². The van der Waals surface area contributed by atoms with E-state index in [1.807, 2.05) is 18.2 Å².